The fourth-order valence-corrected chi connectivity index (χ4v) is 2.29. The first kappa shape index (κ1) is 13.0. The molecule has 4 heteroatoms. The standard InChI is InChI=1S/C16H17N3O/c1-10-4-5-11-6-7-12-8-9-13(16(20)19(2)3)18-15(12)14(11)17-10/h4-9,16,20H,1-3H3. The van der Waals surface area contributed by atoms with E-state index in [9.17, 15) is 5.11 Å². The number of hydrogen-bond donors (Lipinski definition) is 1. The van der Waals surface area contributed by atoms with Gasteiger partial charge in [0.15, 0.2) is 0 Å². The van der Waals surface area contributed by atoms with Gasteiger partial charge in [-0.2, -0.15) is 0 Å². The van der Waals surface area contributed by atoms with Crippen LogP contribution < -0.4 is 0 Å². The Hall–Kier alpha value is -2.04. The van der Waals surface area contributed by atoms with Gasteiger partial charge < -0.3 is 5.11 Å². The summed E-state index contributed by atoms with van der Waals surface area (Å²) in [6.45, 7) is 1.97. The van der Waals surface area contributed by atoms with Gasteiger partial charge in [-0.25, -0.2) is 4.98 Å². The second kappa shape index (κ2) is 4.81. The van der Waals surface area contributed by atoms with E-state index in [1.54, 1.807) is 4.90 Å². The summed E-state index contributed by atoms with van der Waals surface area (Å²) in [5, 5.41) is 12.2. The number of nitrogens with zero attached hydrogens (tertiary/aromatic N) is 3. The average molecular weight is 267 g/mol. The third kappa shape index (κ3) is 2.13. The highest BCUT2D eigenvalue weighted by Crippen LogP contribution is 2.24. The summed E-state index contributed by atoms with van der Waals surface area (Å²) in [5.74, 6) is 0. The molecule has 20 heavy (non-hydrogen) atoms. The van der Waals surface area contributed by atoms with Gasteiger partial charge in [-0.05, 0) is 33.2 Å². The van der Waals surface area contributed by atoms with Crippen molar-refractivity contribution >= 4 is 21.8 Å². The molecule has 0 aliphatic rings. The molecule has 1 unspecified atom stereocenters. The molecule has 1 N–H and O–H groups in total. The lowest BCUT2D eigenvalue weighted by Crippen LogP contribution is -2.20. The van der Waals surface area contributed by atoms with E-state index in [0.717, 1.165) is 27.5 Å². The van der Waals surface area contributed by atoms with Gasteiger partial charge in [0, 0.05) is 16.5 Å². The van der Waals surface area contributed by atoms with Gasteiger partial charge in [0.2, 0.25) is 0 Å². The Morgan fingerprint density at radius 1 is 0.900 bits per heavy atom. The van der Waals surface area contributed by atoms with Crippen LogP contribution in [0.4, 0.5) is 0 Å². The van der Waals surface area contributed by atoms with E-state index < -0.39 is 6.23 Å². The van der Waals surface area contributed by atoms with E-state index in [2.05, 4.69) is 9.97 Å². The highest BCUT2D eigenvalue weighted by molar-refractivity contribution is 6.02. The number of benzene rings is 1. The number of aromatic nitrogens is 2. The normalized spacial score (nSPS) is 13.2. The van der Waals surface area contributed by atoms with E-state index >= 15 is 0 Å². The number of aryl methyl sites for hydroxylation is 1. The molecule has 0 aliphatic carbocycles. The van der Waals surface area contributed by atoms with E-state index in [1.807, 2.05) is 57.4 Å². The number of fused-ring (bicyclic) bond motifs is 3. The van der Waals surface area contributed by atoms with Gasteiger partial charge in [-0.3, -0.25) is 9.88 Å². The Labute approximate surface area is 117 Å². The molecule has 0 spiro atoms. The molecule has 0 radical (unpaired) electrons. The van der Waals surface area contributed by atoms with Crippen molar-refractivity contribution in [2.75, 3.05) is 14.1 Å². The summed E-state index contributed by atoms with van der Waals surface area (Å²) in [6, 6.07) is 12.0. The van der Waals surface area contributed by atoms with E-state index in [1.165, 1.54) is 0 Å². The van der Waals surface area contributed by atoms with Crippen molar-refractivity contribution in [1.29, 1.82) is 0 Å². The minimum absolute atomic E-state index is 0.637. The number of pyridine rings is 2. The van der Waals surface area contributed by atoms with Crippen LogP contribution in [0.5, 0.6) is 0 Å². The molecule has 3 aromatic rings. The molecule has 0 saturated heterocycles. The van der Waals surface area contributed by atoms with Crippen molar-refractivity contribution in [1.82, 2.24) is 14.9 Å². The Morgan fingerprint density at radius 2 is 1.45 bits per heavy atom. The predicted octanol–water partition coefficient (Wildman–Crippen LogP) is 2.64. The third-order valence-corrected chi connectivity index (χ3v) is 3.43. The van der Waals surface area contributed by atoms with Gasteiger partial charge in [-0.15, -0.1) is 0 Å². The maximum Gasteiger partial charge on any atom is 0.150 e. The molecule has 102 valence electrons. The van der Waals surface area contributed by atoms with Gasteiger partial charge in [-0.1, -0.05) is 24.3 Å². The van der Waals surface area contributed by atoms with Crippen molar-refractivity contribution < 1.29 is 5.11 Å². The summed E-state index contributed by atoms with van der Waals surface area (Å²) in [5.41, 5.74) is 3.32. The minimum atomic E-state index is -0.709. The highest BCUT2D eigenvalue weighted by atomic mass is 16.3. The van der Waals surface area contributed by atoms with Crippen molar-refractivity contribution in [2.24, 2.45) is 0 Å². The van der Waals surface area contributed by atoms with Crippen LogP contribution >= 0.6 is 0 Å². The first-order valence-electron chi connectivity index (χ1n) is 6.58. The molecule has 0 aliphatic heterocycles. The smallest absolute Gasteiger partial charge is 0.150 e. The monoisotopic (exact) mass is 267 g/mol. The zero-order chi connectivity index (χ0) is 14.3. The second-order valence-electron chi connectivity index (χ2n) is 5.24. The zero-order valence-electron chi connectivity index (χ0n) is 11.8. The molecular formula is C16H17N3O. The van der Waals surface area contributed by atoms with E-state index in [-0.39, 0.29) is 0 Å². The van der Waals surface area contributed by atoms with Crippen LogP contribution in [0.15, 0.2) is 36.4 Å². The van der Waals surface area contributed by atoms with Crippen molar-refractivity contribution in [3.63, 3.8) is 0 Å². The van der Waals surface area contributed by atoms with Crippen molar-refractivity contribution in [2.45, 2.75) is 13.2 Å². The maximum absolute atomic E-state index is 10.1. The SMILES string of the molecule is Cc1ccc2ccc3ccc(C(O)N(C)C)nc3c2n1. The topological polar surface area (TPSA) is 49.2 Å². The summed E-state index contributed by atoms with van der Waals surface area (Å²) < 4.78 is 0. The molecule has 1 aromatic carbocycles. The Kier molecular flexibility index (Phi) is 3.12. The zero-order valence-corrected chi connectivity index (χ0v) is 11.8. The first-order chi connectivity index (χ1) is 9.56. The molecule has 0 saturated carbocycles. The first-order valence-corrected chi connectivity index (χ1v) is 6.58. The lowest BCUT2D eigenvalue weighted by Gasteiger charge is -2.18. The molecule has 0 bridgehead atoms. The predicted molar refractivity (Wildman–Crippen MR) is 80.4 cm³/mol. The molecule has 2 heterocycles. The molecular weight excluding hydrogens is 250 g/mol. The Morgan fingerprint density at radius 3 is 2.10 bits per heavy atom. The van der Waals surface area contributed by atoms with Gasteiger partial charge >= 0.3 is 0 Å². The average Bonchev–Trinajstić information content (AvgIpc) is 2.45. The maximum atomic E-state index is 10.1. The minimum Gasteiger partial charge on any atom is -0.372 e. The van der Waals surface area contributed by atoms with Crippen LogP contribution in [0.25, 0.3) is 21.8 Å². The van der Waals surface area contributed by atoms with Crippen LogP contribution in [-0.4, -0.2) is 34.1 Å². The summed E-state index contributed by atoms with van der Waals surface area (Å²) in [7, 11) is 3.64. The lowest BCUT2D eigenvalue weighted by atomic mass is 10.1. The Balaban J connectivity index is 2.30. The molecule has 3 rings (SSSR count). The number of aliphatic hydroxyl groups excluding tert-OH is 1. The summed E-state index contributed by atoms with van der Waals surface area (Å²) in [6.07, 6.45) is -0.709. The molecule has 1 atom stereocenters. The largest absolute Gasteiger partial charge is 0.372 e. The summed E-state index contributed by atoms with van der Waals surface area (Å²) >= 11 is 0. The van der Waals surface area contributed by atoms with Crippen LogP contribution in [0, 0.1) is 6.92 Å². The number of rotatable bonds is 2. The quantitative estimate of drug-likeness (QED) is 0.573. The van der Waals surface area contributed by atoms with Crippen LogP contribution in [0.1, 0.15) is 17.6 Å². The van der Waals surface area contributed by atoms with Crippen LogP contribution in [0.2, 0.25) is 0 Å². The second-order valence-corrected chi connectivity index (χ2v) is 5.24. The molecule has 0 fully saturated rings. The fourth-order valence-electron chi connectivity index (χ4n) is 2.29. The molecule has 0 amide bonds. The van der Waals surface area contributed by atoms with Crippen LogP contribution in [-0.2, 0) is 0 Å². The number of hydrogen-bond acceptors (Lipinski definition) is 4. The fraction of sp³-hybridized carbons (Fsp3) is 0.250. The van der Waals surface area contributed by atoms with Gasteiger partial charge in [0.1, 0.15) is 6.23 Å². The lowest BCUT2D eigenvalue weighted by molar-refractivity contribution is 0.0361. The number of aliphatic hydroxyl groups is 1. The highest BCUT2D eigenvalue weighted by Gasteiger charge is 2.13. The van der Waals surface area contributed by atoms with E-state index in [0.29, 0.717) is 5.69 Å². The van der Waals surface area contributed by atoms with Gasteiger partial charge in [0.05, 0.1) is 16.7 Å². The van der Waals surface area contributed by atoms with Gasteiger partial charge in [0.25, 0.3) is 0 Å². The molecule has 2 aromatic heterocycles. The summed E-state index contributed by atoms with van der Waals surface area (Å²) in [4.78, 5) is 10.9. The third-order valence-electron chi connectivity index (χ3n) is 3.43. The molecule has 4 nitrogen and oxygen atoms in total. The van der Waals surface area contributed by atoms with Crippen LogP contribution in [0.3, 0.4) is 0 Å². The van der Waals surface area contributed by atoms with Crippen molar-refractivity contribution in [3.05, 3.63) is 47.8 Å². The Bertz CT molecular complexity index is 783. The van der Waals surface area contributed by atoms with E-state index in [4.69, 9.17) is 0 Å². The van der Waals surface area contributed by atoms with Crippen molar-refractivity contribution in [3.8, 4) is 0 Å².